The Morgan fingerprint density at radius 3 is 2.85 bits per heavy atom. The van der Waals surface area contributed by atoms with E-state index < -0.39 is 6.23 Å². The first-order valence-corrected chi connectivity index (χ1v) is 7.73. The minimum absolute atomic E-state index is 0.105. The average molecular weight is 300 g/mol. The van der Waals surface area contributed by atoms with Crippen LogP contribution in [0.5, 0.6) is 0 Å². The smallest absolute Gasteiger partial charge is 0.350 e. The minimum Gasteiger partial charge on any atom is -0.465 e. The molecule has 1 rings (SSSR count). The van der Waals surface area contributed by atoms with E-state index in [0.717, 1.165) is 24.9 Å². The third-order valence-corrected chi connectivity index (χ3v) is 4.19. The molecule has 3 N–H and O–H groups in total. The molecule has 0 radical (unpaired) electrons. The molecular weight excluding hydrogens is 276 g/mol. The number of hydrogen-bond acceptors (Lipinski definition) is 6. The van der Waals surface area contributed by atoms with Gasteiger partial charge >= 0.3 is 5.97 Å². The SMILES string of the molecule is CCCCNC(C)C(O)Nc1c(C)csc1C(=O)OC. The molecule has 0 saturated carbocycles. The minimum atomic E-state index is -0.761. The van der Waals surface area contributed by atoms with E-state index in [-0.39, 0.29) is 12.0 Å². The van der Waals surface area contributed by atoms with Crippen molar-refractivity contribution in [3.63, 3.8) is 0 Å². The highest BCUT2D eigenvalue weighted by Crippen LogP contribution is 2.28. The lowest BCUT2D eigenvalue weighted by Crippen LogP contribution is -2.42. The highest BCUT2D eigenvalue weighted by molar-refractivity contribution is 7.12. The van der Waals surface area contributed by atoms with Crippen LogP contribution in [0.3, 0.4) is 0 Å². The Bertz CT molecular complexity index is 434. The van der Waals surface area contributed by atoms with Gasteiger partial charge in [0.25, 0.3) is 0 Å². The zero-order valence-corrected chi connectivity index (χ0v) is 13.3. The largest absolute Gasteiger partial charge is 0.465 e. The van der Waals surface area contributed by atoms with Crippen LogP contribution >= 0.6 is 11.3 Å². The quantitative estimate of drug-likeness (QED) is 0.390. The summed E-state index contributed by atoms with van der Waals surface area (Å²) in [6.45, 7) is 6.79. The van der Waals surface area contributed by atoms with Gasteiger partial charge in [0.05, 0.1) is 12.8 Å². The summed E-state index contributed by atoms with van der Waals surface area (Å²) in [5.74, 6) is -0.385. The standard InChI is InChI=1S/C14H24N2O3S/c1-5-6-7-15-10(3)13(17)16-11-9(2)8-20-12(11)14(18)19-4/h8,10,13,15-17H,5-7H2,1-4H3. The Morgan fingerprint density at radius 2 is 2.25 bits per heavy atom. The fourth-order valence-electron chi connectivity index (χ4n) is 1.76. The summed E-state index contributed by atoms with van der Waals surface area (Å²) in [7, 11) is 1.35. The summed E-state index contributed by atoms with van der Waals surface area (Å²) in [6.07, 6.45) is 1.42. The normalized spacial score (nSPS) is 13.8. The lowest BCUT2D eigenvalue weighted by molar-refractivity contribution is 0.0607. The van der Waals surface area contributed by atoms with Gasteiger partial charge in [-0.1, -0.05) is 13.3 Å². The van der Waals surface area contributed by atoms with E-state index in [0.29, 0.717) is 10.6 Å². The number of aliphatic hydroxyl groups excluding tert-OH is 1. The maximum atomic E-state index is 11.7. The summed E-state index contributed by atoms with van der Waals surface area (Å²) < 4.78 is 4.75. The van der Waals surface area contributed by atoms with Crippen LogP contribution in [-0.4, -0.2) is 37.0 Å². The number of ether oxygens (including phenoxy) is 1. The molecule has 0 aromatic carbocycles. The van der Waals surface area contributed by atoms with Crippen molar-refractivity contribution in [3.8, 4) is 0 Å². The molecule has 0 aliphatic carbocycles. The molecule has 2 atom stereocenters. The molecule has 2 unspecified atom stereocenters. The summed E-state index contributed by atoms with van der Waals surface area (Å²) in [6, 6.07) is -0.105. The molecule has 0 spiro atoms. The number of nitrogens with one attached hydrogen (secondary N) is 2. The molecule has 1 aromatic heterocycles. The lowest BCUT2D eigenvalue weighted by atomic mass is 10.2. The molecule has 1 aromatic rings. The summed E-state index contributed by atoms with van der Waals surface area (Å²) >= 11 is 1.32. The van der Waals surface area contributed by atoms with E-state index in [9.17, 15) is 9.90 Å². The van der Waals surface area contributed by atoms with E-state index in [1.807, 2.05) is 19.2 Å². The number of rotatable bonds is 8. The number of carbonyl (C=O) groups excluding carboxylic acids is 1. The van der Waals surface area contributed by atoms with Crippen molar-refractivity contribution in [2.75, 3.05) is 19.0 Å². The molecule has 0 bridgehead atoms. The van der Waals surface area contributed by atoms with Gasteiger partial charge in [0, 0.05) is 6.04 Å². The summed E-state index contributed by atoms with van der Waals surface area (Å²) in [5.41, 5.74) is 1.58. The van der Waals surface area contributed by atoms with Gasteiger partial charge in [-0.3, -0.25) is 0 Å². The van der Waals surface area contributed by atoms with E-state index in [4.69, 9.17) is 4.74 Å². The third-order valence-electron chi connectivity index (χ3n) is 3.11. The Labute approximate surface area is 124 Å². The molecule has 0 aliphatic heterocycles. The number of anilines is 1. The molecule has 6 heteroatoms. The maximum Gasteiger partial charge on any atom is 0.350 e. The van der Waals surface area contributed by atoms with Crippen LogP contribution in [0.2, 0.25) is 0 Å². The van der Waals surface area contributed by atoms with Gasteiger partial charge in [-0.15, -0.1) is 11.3 Å². The van der Waals surface area contributed by atoms with Gasteiger partial charge in [-0.2, -0.15) is 0 Å². The Hall–Kier alpha value is -1.11. The number of hydrogen-bond donors (Lipinski definition) is 3. The third kappa shape index (κ3) is 4.47. The highest BCUT2D eigenvalue weighted by Gasteiger charge is 2.21. The fraction of sp³-hybridized carbons (Fsp3) is 0.643. The van der Waals surface area contributed by atoms with Crippen LogP contribution in [0.15, 0.2) is 5.38 Å². The van der Waals surface area contributed by atoms with Crippen LogP contribution in [0, 0.1) is 6.92 Å². The first kappa shape index (κ1) is 16.9. The van der Waals surface area contributed by atoms with Gasteiger partial charge in [0.15, 0.2) is 0 Å². The van der Waals surface area contributed by atoms with Gasteiger partial charge in [-0.05, 0) is 37.8 Å². The van der Waals surface area contributed by atoms with Crippen molar-refractivity contribution >= 4 is 23.0 Å². The van der Waals surface area contributed by atoms with E-state index in [2.05, 4.69) is 17.6 Å². The van der Waals surface area contributed by atoms with E-state index in [1.54, 1.807) is 0 Å². The van der Waals surface area contributed by atoms with Gasteiger partial charge in [-0.25, -0.2) is 4.79 Å². The molecule has 0 aliphatic rings. The topological polar surface area (TPSA) is 70.6 Å². The fourth-order valence-corrected chi connectivity index (χ4v) is 2.69. The van der Waals surface area contributed by atoms with E-state index in [1.165, 1.54) is 18.4 Å². The molecule has 0 amide bonds. The lowest BCUT2D eigenvalue weighted by Gasteiger charge is -2.22. The molecule has 1 heterocycles. The van der Waals surface area contributed by atoms with Crippen molar-refractivity contribution in [1.82, 2.24) is 5.32 Å². The van der Waals surface area contributed by atoms with Gasteiger partial charge in [0.1, 0.15) is 11.1 Å². The molecule has 0 saturated heterocycles. The number of carbonyl (C=O) groups is 1. The first-order chi connectivity index (χ1) is 9.51. The second kappa shape index (κ2) is 8.24. The molecular formula is C14H24N2O3S. The number of esters is 1. The van der Waals surface area contributed by atoms with Crippen molar-refractivity contribution in [2.45, 2.75) is 45.9 Å². The van der Waals surface area contributed by atoms with Crippen LogP contribution in [0.25, 0.3) is 0 Å². The van der Waals surface area contributed by atoms with Crippen LogP contribution in [0.4, 0.5) is 5.69 Å². The maximum absolute atomic E-state index is 11.7. The number of aryl methyl sites for hydroxylation is 1. The van der Waals surface area contributed by atoms with Crippen LogP contribution in [-0.2, 0) is 4.74 Å². The zero-order valence-electron chi connectivity index (χ0n) is 12.5. The van der Waals surface area contributed by atoms with Gasteiger partial charge in [0.2, 0.25) is 0 Å². The Balaban J connectivity index is 2.67. The Kier molecular flexibility index (Phi) is 6.98. The van der Waals surface area contributed by atoms with Crippen LogP contribution in [0.1, 0.15) is 41.9 Å². The predicted octanol–water partition coefficient (Wildman–Crippen LogP) is 2.35. The average Bonchev–Trinajstić information content (AvgIpc) is 2.79. The van der Waals surface area contributed by atoms with Gasteiger partial charge < -0.3 is 20.5 Å². The number of thiophene rings is 1. The predicted molar refractivity (Wildman–Crippen MR) is 82.4 cm³/mol. The Morgan fingerprint density at radius 1 is 1.55 bits per heavy atom. The van der Waals surface area contributed by atoms with Crippen molar-refractivity contribution < 1.29 is 14.6 Å². The second-order valence-corrected chi connectivity index (χ2v) is 5.68. The molecule has 20 heavy (non-hydrogen) atoms. The molecule has 5 nitrogen and oxygen atoms in total. The second-order valence-electron chi connectivity index (χ2n) is 4.80. The summed E-state index contributed by atoms with van der Waals surface area (Å²) in [4.78, 5) is 12.2. The van der Waals surface area contributed by atoms with Crippen molar-refractivity contribution in [2.24, 2.45) is 0 Å². The first-order valence-electron chi connectivity index (χ1n) is 6.85. The number of unbranched alkanes of at least 4 members (excludes halogenated alkanes) is 1. The monoisotopic (exact) mass is 300 g/mol. The van der Waals surface area contributed by atoms with Crippen molar-refractivity contribution in [3.05, 3.63) is 15.8 Å². The highest BCUT2D eigenvalue weighted by atomic mass is 32.1. The summed E-state index contributed by atoms with van der Waals surface area (Å²) in [5, 5.41) is 18.3. The van der Waals surface area contributed by atoms with Crippen LogP contribution < -0.4 is 10.6 Å². The zero-order chi connectivity index (χ0) is 15.1. The number of aliphatic hydroxyl groups is 1. The molecule has 114 valence electrons. The van der Waals surface area contributed by atoms with E-state index >= 15 is 0 Å². The van der Waals surface area contributed by atoms with Crippen molar-refractivity contribution in [1.29, 1.82) is 0 Å². The molecule has 0 fully saturated rings. The number of methoxy groups -OCH3 is 1.